The Morgan fingerprint density at radius 1 is 1.25 bits per heavy atom. The highest BCUT2D eigenvalue weighted by molar-refractivity contribution is 6.17. The SMILES string of the molecule is NC1(c2ccc(CCl)cc2)CC1. The standard InChI is InChI=1S/C10H12ClN/c11-7-8-1-3-9(4-2-8)10(12)5-6-10/h1-4H,5-7,12H2. The van der Waals surface area contributed by atoms with E-state index >= 15 is 0 Å². The summed E-state index contributed by atoms with van der Waals surface area (Å²) in [6, 6.07) is 8.28. The molecule has 1 aliphatic rings. The summed E-state index contributed by atoms with van der Waals surface area (Å²) in [5.41, 5.74) is 8.42. The monoisotopic (exact) mass is 181 g/mol. The minimum Gasteiger partial charge on any atom is -0.321 e. The maximum absolute atomic E-state index is 6.03. The molecule has 2 rings (SSSR count). The van der Waals surface area contributed by atoms with Gasteiger partial charge in [-0.15, -0.1) is 11.6 Å². The molecule has 1 aromatic rings. The molecular weight excluding hydrogens is 170 g/mol. The molecule has 1 saturated carbocycles. The highest BCUT2D eigenvalue weighted by Gasteiger charge is 2.39. The summed E-state index contributed by atoms with van der Waals surface area (Å²) in [4.78, 5) is 0. The van der Waals surface area contributed by atoms with Gasteiger partial charge in [0.2, 0.25) is 0 Å². The van der Waals surface area contributed by atoms with Gasteiger partial charge in [-0.05, 0) is 24.0 Å². The number of rotatable bonds is 2. The lowest BCUT2D eigenvalue weighted by atomic mass is 10.0. The Kier molecular flexibility index (Phi) is 1.85. The van der Waals surface area contributed by atoms with Crippen molar-refractivity contribution < 1.29 is 0 Å². The minimum atomic E-state index is -0.00908. The van der Waals surface area contributed by atoms with Gasteiger partial charge in [-0.25, -0.2) is 0 Å². The van der Waals surface area contributed by atoms with E-state index in [4.69, 9.17) is 17.3 Å². The molecule has 1 aliphatic carbocycles. The van der Waals surface area contributed by atoms with Crippen molar-refractivity contribution in [2.24, 2.45) is 5.73 Å². The molecule has 1 aromatic carbocycles. The van der Waals surface area contributed by atoms with E-state index < -0.39 is 0 Å². The van der Waals surface area contributed by atoms with Crippen LogP contribution < -0.4 is 5.73 Å². The van der Waals surface area contributed by atoms with E-state index in [0.717, 1.165) is 18.4 Å². The third-order valence-corrected chi connectivity index (χ3v) is 2.78. The largest absolute Gasteiger partial charge is 0.321 e. The van der Waals surface area contributed by atoms with Gasteiger partial charge < -0.3 is 5.73 Å². The van der Waals surface area contributed by atoms with Crippen LogP contribution in [0.15, 0.2) is 24.3 Å². The van der Waals surface area contributed by atoms with Gasteiger partial charge in [-0.2, -0.15) is 0 Å². The van der Waals surface area contributed by atoms with Gasteiger partial charge in [-0.3, -0.25) is 0 Å². The molecule has 1 nitrogen and oxygen atoms in total. The Morgan fingerprint density at radius 2 is 1.83 bits per heavy atom. The zero-order valence-corrected chi connectivity index (χ0v) is 7.64. The quantitative estimate of drug-likeness (QED) is 0.697. The van der Waals surface area contributed by atoms with Gasteiger partial charge in [0.15, 0.2) is 0 Å². The van der Waals surface area contributed by atoms with Gasteiger partial charge in [0.1, 0.15) is 0 Å². The van der Waals surface area contributed by atoms with Crippen molar-refractivity contribution >= 4 is 11.6 Å². The normalized spacial score (nSPS) is 19.2. The van der Waals surface area contributed by atoms with E-state index in [1.807, 2.05) is 0 Å². The Morgan fingerprint density at radius 3 is 2.25 bits per heavy atom. The van der Waals surface area contributed by atoms with Crippen LogP contribution in [0.4, 0.5) is 0 Å². The number of alkyl halides is 1. The fourth-order valence-corrected chi connectivity index (χ4v) is 1.53. The van der Waals surface area contributed by atoms with Crippen molar-refractivity contribution in [3.8, 4) is 0 Å². The fourth-order valence-electron chi connectivity index (χ4n) is 1.35. The Labute approximate surface area is 77.5 Å². The van der Waals surface area contributed by atoms with Gasteiger partial charge in [0.25, 0.3) is 0 Å². The summed E-state index contributed by atoms with van der Waals surface area (Å²) in [6.45, 7) is 0. The summed E-state index contributed by atoms with van der Waals surface area (Å²) >= 11 is 5.68. The first kappa shape index (κ1) is 8.09. The lowest BCUT2D eigenvalue weighted by Gasteiger charge is -2.08. The van der Waals surface area contributed by atoms with E-state index in [0.29, 0.717) is 5.88 Å². The first-order valence-corrected chi connectivity index (χ1v) is 4.72. The zero-order chi connectivity index (χ0) is 8.60. The summed E-state index contributed by atoms with van der Waals surface area (Å²) < 4.78 is 0. The second-order valence-electron chi connectivity index (χ2n) is 3.49. The van der Waals surface area contributed by atoms with E-state index in [9.17, 15) is 0 Å². The highest BCUT2D eigenvalue weighted by Crippen LogP contribution is 2.42. The first-order chi connectivity index (χ1) is 5.74. The summed E-state index contributed by atoms with van der Waals surface area (Å²) in [6.07, 6.45) is 2.24. The smallest absolute Gasteiger partial charge is 0.0474 e. The third kappa shape index (κ3) is 1.35. The van der Waals surface area contributed by atoms with Crippen LogP contribution in [0.5, 0.6) is 0 Å². The number of nitrogens with two attached hydrogens (primary N) is 1. The average molecular weight is 182 g/mol. The van der Waals surface area contributed by atoms with Crippen molar-refractivity contribution in [1.29, 1.82) is 0 Å². The molecule has 0 aromatic heterocycles. The molecule has 2 N–H and O–H groups in total. The molecule has 0 spiro atoms. The van der Waals surface area contributed by atoms with Crippen LogP contribution in [0.1, 0.15) is 24.0 Å². The van der Waals surface area contributed by atoms with Crippen LogP contribution in [0.25, 0.3) is 0 Å². The molecule has 0 radical (unpaired) electrons. The van der Waals surface area contributed by atoms with Crippen molar-refractivity contribution in [3.05, 3.63) is 35.4 Å². The van der Waals surface area contributed by atoms with E-state index in [-0.39, 0.29) is 5.54 Å². The molecule has 0 saturated heterocycles. The van der Waals surface area contributed by atoms with E-state index in [1.54, 1.807) is 0 Å². The second kappa shape index (κ2) is 2.75. The minimum absolute atomic E-state index is 0.00908. The van der Waals surface area contributed by atoms with E-state index in [1.165, 1.54) is 5.56 Å². The van der Waals surface area contributed by atoms with Gasteiger partial charge in [0.05, 0.1) is 0 Å². The molecule has 2 heteroatoms. The van der Waals surface area contributed by atoms with Crippen LogP contribution in [0.2, 0.25) is 0 Å². The predicted molar refractivity (Wildman–Crippen MR) is 51.1 cm³/mol. The molecule has 0 amide bonds. The molecule has 64 valence electrons. The number of hydrogen-bond acceptors (Lipinski definition) is 1. The Bertz CT molecular complexity index is 274. The average Bonchev–Trinajstić information content (AvgIpc) is 2.85. The molecule has 12 heavy (non-hydrogen) atoms. The van der Waals surface area contributed by atoms with Crippen LogP contribution in [-0.2, 0) is 11.4 Å². The van der Waals surface area contributed by atoms with Gasteiger partial charge in [-0.1, -0.05) is 24.3 Å². The maximum atomic E-state index is 6.03. The van der Waals surface area contributed by atoms with Crippen molar-refractivity contribution in [2.45, 2.75) is 24.3 Å². The number of benzene rings is 1. The first-order valence-electron chi connectivity index (χ1n) is 4.19. The molecular formula is C10H12ClN. The molecule has 0 bridgehead atoms. The van der Waals surface area contributed by atoms with Crippen LogP contribution in [-0.4, -0.2) is 0 Å². The fraction of sp³-hybridized carbons (Fsp3) is 0.400. The molecule has 0 heterocycles. The molecule has 0 atom stereocenters. The zero-order valence-electron chi connectivity index (χ0n) is 6.89. The Balaban J connectivity index is 2.25. The summed E-state index contributed by atoms with van der Waals surface area (Å²) in [5.74, 6) is 0.581. The molecule has 1 fully saturated rings. The summed E-state index contributed by atoms with van der Waals surface area (Å²) in [5, 5.41) is 0. The van der Waals surface area contributed by atoms with Crippen molar-refractivity contribution in [1.82, 2.24) is 0 Å². The van der Waals surface area contributed by atoms with Crippen molar-refractivity contribution in [2.75, 3.05) is 0 Å². The van der Waals surface area contributed by atoms with Crippen LogP contribution in [0, 0.1) is 0 Å². The van der Waals surface area contributed by atoms with E-state index in [2.05, 4.69) is 24.3 Å². The number of hydrogen-bond donors (Lipinski definition) is 1. The maximum Gasteiger partial charge on any atom is 0.0474 e. The van der Waals surface area contributed by atoms with Crippen LogP contribution >= 0.6 is 11.6 Å². The molecule has 0 aliphatic heterocycles. The van der Waals surface area contributed by atoms with Gasteiger partial charge in [0, 0.05) is 11.4 Å². The lowest BCUT2D eigenvalue weighted by Crippen LogP contribution is -2.18. The number of halogens is 1. The van der Waals surface area contributed by atoms with Crippen LogP contribution in [0.3, 0.4) is 0 Å². The third-order valence-electron chi connectivity index (χ3n) is 2.47. The topological polar surface area (TPSA) is 26.0 Å². The lowest BCUT2D eigenvalue weighted by molar-refractivity contribution is 0.740. The Hall–Kier alpha value is -0.530. The highest BCUT2D eigenvalue weighted by atomic mass is 35.5. The predicted octanol–water partition coefficient (Wildman–Crippen LogP) is 2.37. The summed E-state index contributed by atoms with van der Waals surface area (Å²) in [7, 11) is 0. The van der Waals surface area contributed by atoms with Crippen molar-refractivity contribution in [3.63, 3.8) is 0 Å². The van der Waals surface area contributed by atoms with Gasteiger partial charge >= 0.3 is 0 Å². The molecule has 0 unspecified atom stereocenters. The second-order valence-corrected chi connectivity index (χ2v) is 3.75.